The van der Waals surface area contributed by atoms with Gasteiger partial charge in [0.15, 0.2) is 0 Å². The van der Waals surface area contributed by atoms with E-state index in [1.807, 2.05) is 22.1 Å². The maximum Gasteiger partial charge on any atom is 0.320 e. The Bertz CT molecular complexity index is 502. The summed E-state index contributed by atoms with van der Waals surface area (Å²) in [6.45, 7) is 7.02. The van der Waals surface area contributed by atoms with Gasteiger partial charge in [-0.1, -0.05) is 0 Å². The van der Waals surface area contributed by atoms with Crippen molar-refractivity contribution >= 4 is 6.03 Å². The summed E-state index contributed by atoms with van der Waals surface area (Å²) in [6, 6.07) is 2.31. The number of urea groups is 1. The molecular weight excluding hydrogens is 266 g/mol. The molecule has 114 valence electrons. The minimum absolute atomic E-state index is 0.270. The summed E-state index contributed by atoms with van der Waals surface area (Å²) in [5.74, 6) is 0. The Morgan fingerprint density at radius 3 is 2.67 bits per heavy atom. The third-order valence-electron chi connectivity index (χ3n) is 5.20. The monoisotopic (exact) mass is 289 g/mol. The lowest BCUT2D eigenvalue weighted by atomic mass is 9.79. The SMILES string of the molecule is O=C(N1CCCC1)N1CC2(CCN(Cc3ccoc3)C2)C1. The molecule has 0 N–H and O–H groups in total. The molecule has 1 aromatic heterocycles. The molecule has 5 heteroatoms. The van der Waals surface area contributed by atoms with Crippen molar-refractivity contribution in [3.05, 3.63) is 24.2 Å². The van der Waals surface area contributed by atoms with Crippen LogP contribution in [0.2, 0.25) is 0 Å². The fourth-order valence-electron chi connectivity index (χ4n) is 4.07. The predicted octanol–water partition coefficient (Wildman–Crippen LogP) is 2.00. The van der Waals surface area contributed by atoms with Gasteiger partial charge in [0.05, 0.1) is 12.5 Å². The highest BCUT2D eigenvalue weighted by molar-refractivity contribution is 5.75. The van der Waals surface area contributed by atoms with E-state index in [2.05, 4.69) is 4.90 Å². The van der Waals surface area contributed by atoms with Crippen LogP contribution in [0.25, 0.3) is 0 Å². The molecule has 3 aliphatic heterocycles. The Morgan fingerprint density at radius 2 is 1.95 bits per heavy atom. The van der Waals surface area contributed by atoms with Crippen LogP contribution in [0.5, 0.6) is 0 Å². The summed E-state index contributed by atoms with van der Waals surface area (Å²) in [5.41, 5.74) is 1.61. The molecule has 0 bridgehead atoms. The Hall–Kier alpha value is -1.49. The molecular formula is C16H23N3O2. The number of amides is 2. The summed E-state index contributed by atoms with van der Waals surface area (Å²) < 4.78 is 5.14. The van der Waals surface area contributed by atoms with Gasteiger partial charge in [-0.05, 0) is 31.9 Å². The first-order valence-electron chi connectivity index (χ1n) is 8.01. The molecule has 21 heavy (non-hydrogen) atoms. The molecule has 3 fully saturated rings. The van der Waals surface area contributed by atoms with E-state index in [-0.39, 0.29) is 6.03 Å². The number of hydrogen-bond acceptors (Lipinski definition) is 3. The normalized spacial score (nSPS) is 24.8. The molecule has 0 aromatic carbocycles. The van der Waals surface area contributed by atoms with E-state index in [0.29, 0.717) is 5.41 Å². The third-order valence-corrected chi connectivity index (χ3v) is 5.20. The Morgan fingerprint density at radius 1 is 1.14 bits per heavy atom. The number of carbonyl (C=O) groups is 1. The summed E-state index contributed by atoms with van der Waals surface area (Å²) in [7, 11) is 0. The summed E-state index contributed by atoms with van der Waals surface area (Å²) in [5, 5.41) is 0. The largest absolute Gasteiger partial charge is 0.472 e. The molecule has 0 saturated carbocycles. The van der Waals surface area contributed by atoms with Crippen molar-refractivity contribution in [3.8, 4) is 0 Å². The van der Waals surface area contributed by atoms with Gasteiger partial charge in [0.2, 0.25) is 0 Å². The van der Waals surface area contributed by atoms with E-state index in [9.17, 15) is 4.79 Å². The second-order valence-corrected chi connectivity index (χ2v) is 6.93. The standard InChI is InChI=1S/C16H23N3O2/c20-15(18-5-1-2-6-18)19-12-16(13-19)4-7-17(11-16)9-14-3-8-21-10-14/h3,8,10H,1-2,4-7,9,11-13H2. The highest BCUT2D eigenvalue weighted by atomic mass is 16.3. The molecule has 0 aliphatic carbocycles. The van der Waals surface area contributed by atoms with Gasteiger partial charge >= 0.3 is 6.03 Å². The minimum atomic E-state index is 0.270. The molecule has 4 rings (SSSR count). The Kier molecular flexibility index (Phi) is 3.17. The first kappa shape index (κ1) is 13.2. The van der Waals surface area contributed by atoms with Crippen molar-refractivity contribution in [2.45, 2.75) is 25.8 Å². The topological polar surface area (TPSA) is 39.9 Å². The quantitative estimate of drug-likeness (QED) is 0.836. The van der Waals surface area contributed by atoms with Gasteiger partial charge in [-0.3, -0.25) is 4.90 Å². The zero-order chi connectivity index (χ0) is 14.3. The van der Waals surface area contributed by atoms with Crippen LogP contribution < -0.4 is 0 Å². The van der Waals surface area contributed by atoms with Gasteiger partial charge in [-0.25, -0.2) is 4.79 Å². The molecule has 5 nitrogen and oxygen atoms in total. The van der Waals surface area contributed by atoms with E-state index in [1.165, 1.54) is 24.8 Å². The van der Waals surface area contributed by atoms with Crippen molar-refractivity contribution < 1.29 is 9.21 Å². The first-order valence-corrected chi connectivity index (χ1v) is 8.01. The lowest BCUT2D eigenvalue weighted by Gasteiger charge is -2.49. The molecule has 0 radical (unpaired) electrons. The van der Waals surface area contributed by atoms with Crippen molar-refractivity contribution in [3.63, 3.8) is 0 Å². The lowest BCUT2D eigenvalue weighted by Crippen LogP contribution is -2.61. The average molecular weight is 289 g/mol. The van der Waals surface area contributed by atoms with Gasteiger partial charge in [0.1, 0.15) is 0 Å². The summed E-state index contributed by atoms with van der Waals surface area (Å²) >= 11 is 0. The Labute approximate surface area is 125 Å². The van der Waals surface area contributed by atoms with E-state index in [0.717, 1.165) is 45.8 Å². The number of rotatable bonds is 2. The average Bonchev–Trinajstić information content (AvgIpc) is 3.18. The van der Waals surface area contributed by atoms with Crippen molar-refractivity contribution in [1.29, 1.82) is 0 Å². The van der Waals surface area contributed by atoms with Crippen LogP contribution in [0.3, 0.4) is 0 Å². The third kappa shape index (κ3) is 2.44. The van der Waals surface area contributed by atoms with Gasteiger partial charge in [0.25, 0.3) is 0 Å². The molecule has 4 heterocycles. The smallest absolute Gasteiger partial charge is 0.320 e. The van der Waals surface area contributed by atoms with Gasteiger partial charge in [-0.2, -0.15) is 0 Å². The van der Waals surface area contributed by atoms with Crippen molar-refractivity contribution in [1.82, 2.24) is 14.7 Å². The van der Waals surface area contributed by atoms with Crippen LogP contribution in [0.15, 0.2) is 23.0 Å². The second kappa shape index (κ2) is 5.05. The van der Waals surface area contributed by atoms with E-state index in [4.69, 9.17) is 4.42 Å². The Balaban J connectivity index is 1.29. The van der Waals surface area contributed by atoms with Crippen molar-refractivity contribution in [2.24, 2.45) is 5.41 Å². The van der Waals surface area contributed by atoms with E-state index >= 15 is 0 Å². The van der Waals surface area contributed by atoms with Gasteiger partial charge in [0, 0.05) is 50.2 Å². The molecule has 1 spiro atoms. The van der Waals surface area contributed by atoms with E-state index in [1.54, 1.807) is 6.26 Å². The van der Waals surface area contributed by atoms with Crippen LogP contribution in [0.1, 0.15) is 24.8 Å². The molecule has 0 atom stereocenters. The highest BCUT2D eigenvalue weighted by Gasteiger charge is 2.49. The summed E-state index contributed by atoms with van der Waals surface area (Å²) in [6.07, 6.45) is 7.12. The zero-order valence-electron chi connectivity index (χ0n) is 12.5. The maximum atomic E-state index is 12.3. The maximum absolute atomic E-state index is 12.3. The lowest BCUT2D eigenvalue weighted by molar-refractivity contribution is 0.0253. The fourth-order valence-corrected chi connectivity index (χ4v) is 4.07. The molecule has 3 saturated heterocycles. The van der Waals surface area contributed by atoms with Gasteiger partial charge < -0.3 is 14.2 Å². The van der Waals surface area contributed by atoms with Crippen LogP contribution >= 0.6 is 0 Å². The molecule has 1 aromatic rings. The van der Waals surface area contributed by atoms with Crippen LogP contribution in [-0.2, 0) is 6.54 Å². The first-order chi connectivity index (χ1) is 10.2. The number of nitrogens with zero attached hydrogens (tertiary/aromatic N) is 3. The minimum Gasteiger partial charge on any atom is -0.472 e. The predicted molar refractivity (Wildman–Crippen MR) is 78.8 cm³/mol. The van der Waals surface area contributed by atoms with E-state index < -0.39 is 0 Å². The molecule has 3 aliphatic rings. The second-order valence-electron chi connectivity index (χ2n) is 6.93. The number of likely N-dealkylation sites (tertiary alicyclic amines) is 3. The number of hydrogen-bond donors (Lipinski definition) is 0. The zero-order valence-corrected chi connectivity index (χ0v) is 12.5. The van der Waals surface area contributed by atoms with Crippen LogP contribution in [0, 0.1) is 5.41 Å². The van der Waals surface area contributed by atoms with Crippen LogP contribution in [-0.4, -0.2) is 60.0 Å². The van der Waals surface area contributed by atoms with Crippen molar-refractivity contribution in [2.75, 3.05) is 39.3 Å². The highest BCUT2D eigenvalue weighted by Crippen LogP contribution is 2.40. The number of furan rings is 1. The van der Waals surface area contributed by atoms with Gasteiger partial charge in [-0.15, -0.1) is 0 Å². The summed E-state index contributed by atoms with van der Waals surface area (Å²) in [4.78, 5) is 18.9. The molecule has 2 amide bonds. The number of carbonyl (C=O) groups excluding carboxylic acids is 1. The molecule has 0 unspecified atom stereocenters. The van der Waals surface area contributed by atoms with Crippen LogP contribution in [0.4, 0.5) is 4.79 Å². The fraction of sp³-hybridized carbons (Fsp3) is 0.688.